The molecule has 1 aliphatic rings. The zero-order valence-corrected chi connectivity index (χ0v) is 9.03. The molecule has 0 N–H and O–H groups in total. The van der Waals surface area contributed by atoms with Gasteiger partial charge in [0.05, 0.1) is 0 Å². The van der Waals surface area contributed by atoms with E-state index in [0.29, 0.717) is 0 Å². The van der Waals surface area contributed by atoms with Crippen LogP contribution in [0.4, 0.5) is 5.69 Å². The highest BCUT2D eigenvalue weighted by Crippen LogP contribution is 2.23. The lowest BCUT2D eigenvalue weighted by atomic mass is 10.2. The normalized spacial score (nSPS) is 21.6. The summed E-state index contributed by atoms with van der Waals surface area (Å²) in [5.41, 5.74) is 2.54. The summed E-state index contributed by atoms with van der Waals surface area (Å²) in [6, 6.07) is 4.34. The first-order chi connectivity index (χ1) is 6.79. The van der Waals surface area contributed by atoms with E-state index in [9.17, 15) is 0 Å². The van der Waals surface area contributed by atoms with Gasteiger partial charge in [-0.1, -0.05) is 13.8 Å². The Hall–Kier alpha value is -1.05. The molecule has 1 aromatic rings. The van der Waals surface area contributed by atoms with Crippen LogP contribution in [0.15, 0.2) is 18.3 Å². The van der Waals surface area contributed by atoms with Gasteiger partial charge in [-0.15, -0.1) is 0 Å². The number of anilines is 1. The molecule has 0 bridgehead atoms. The minimum atomic E-state index is 0.841. The molecular weight excluding hydrogens is 172 g/mol. The van der Waals surface area contributed by atoms with Crippen molar-refractivity contribution in [1.29, 1.82) is 0 Å². The predicted molar refractivity (Wildman–Crippen MR) is 59.6 cm³/mol. The number of aromatic nitrogens is 1. The molecular formula is C12H18N2. The van der Waals surface area contributed by atoms with Crippen molar-refractivity contribution in [2.75, 3.05) is 18.0 Å². The van der Waals surface area contributed by atoms with E-state index in [0.717, 1.165) is 12.3 Å². The molecule has 1 atom stereocenters. The zero-order valence-electron chi connectivity index (χ0n) is 9.03. The average Bonchev–Trinajstić information content (AvgIpc) is 2.65. The topological polar surface area (TPSA) is 16.1 Å². The highest BCUT2D eigenvalue weighted by Gasteiger charge is 2.18. The molecule has 1 aromatic heterocycles. The molecule has 0 saturated carbocycles. The smallest absolute Gasteiger partial charge is 0.0421 e. The second-order valence-electron chi connectivity index (χ2n) is 4.20. The fourth-order valence-corrected chi connectivity index (χ4v) is 2.03. The summed E-state index contributed by atoms with van der Waals surface area (Å²) < 4.78 is 0. The predicted octanol–water partition coefficient (Wildman–Crippen LogP) is 2.49. The molecule has 1 fully saturated rings. The Morgan fingerprint density at radius 1 is 1.57 bits per heavy atom. The van der Waals surface area contributed by atoms with Gasteiger partial charge in [-0.05, 0) is 30.9 Å². The Labute approximate surface area is 86.0 Å². The molecule has 1 aliphatic heterocycles. The molecule has 1 unspecified atom stereocenters. The SMILES string of the molecule is CCc1cc(N2CCC(C)C2)ccn1. The van der Waals surface area contributed by atoms with Crippen LogP contribution in [-0.2, 0) is 6.42 Å². The van der Waals surface area contributed by atoms with E-state index in [4.69, 9.17) is 0 Å². The van der Waals surface area contributed by atoms with Crippen LogP contribution in [0, 0.1) is 5.92 Å². The average molecular weight is 190 g/mol. The summed E-state index contributed by atoms with van der Waals surface area (Å²) in [6.45, 7) is 6.88. The first kappa shape index (κ1) is 9.50. The summed E-state index contributed by atoms with van der Waals surface area (Å²) >= 11 is 0. The number of rotatable bonds is 2. The lowest BCUT2D eigenvalue weighted by Crippen LogP contribution is -2.19. The summed E-state index contributed by atoms with van der Waals surface area (Å²) in [5.74, 6) is 0.841. The fraction of sp³-hybridized carbons (Fsp3) is 0.583. The number of hydrogen-bond donors (Lipinski definition) is 0. The molecule has 2 heteroatoms. The fourth-order valence-electron chi connectivity index (χ4n) is 2.03. The van der Waals surface area contributed by atoms with Crippen LogP contribution in [0.25, 0.3) is 0 Å². The van der Waals surface area contributed by atoms with Gasteiger partial charge >= 0.3 is 0 Å². The lowest BCUT2D eigenvalue weighted by Gasteiger charge is -2.18. The van der Waals surface area contributed by atoms with Gasteiger partial charge in [0.25, 0.3) is 0 Å². The Bertz CT molecular complexity index is 309. The van der Waals surface area contributed by atoms with Gasteiger partial charge < -0.3 is 4.90 Å². The maximum atomic E-state index is 4.32. The van der Waals surface area contributed by atoms with Crippen molar-refractivity contribution >= 4 is 5.69 Å². The quantitative estimate of drug-likeness (QED) is 0.712. The first-order valence-electron chi connectivity index (χ1n) is 5.49. The van der Waals surface area contributed by atoms with Crippen LogP contribution in [0.5, 0.6) is 0 Å². The standard InChI is InChI=1S/C12H18N2/c1-3-11-8-12(4-6-13-11)14-7-5-10(2)9-14/h4,6,8,10H,3,5,7,9H2,1-2H3. The maximum Gasteiger partial charge on any atom is 0.0421 e. The van der Waals surface area contributed by atoms with Gasteiger partial charge in [0, 0.05) is 30.7 Å². The third-order valence-corrected chi connectivity index (χ3v) is 2.95. The van der Waals surface area contributed by atoms with E-state index in [1.165, 1.54) is 30.9 Å². The van der Waals surface area contributed by atoms with Gasteiger partial charge in [-0.25, -0.2) is 0 Å². The van der Waals surface area contributed by atoms with Crippen molar-refractivity contribution in [1.82, 2.24) is 4.98 Å². The van der Waals surface area contributed by atoms with Gasteiger partial charge in [-0.2, -0.15) is 0 Å². The van der Waals surface area contributed by atoms with Crippen molar-refractivity contribution in [2.24, 2.45) is 5.92 Å². The third-order valence-electron chi connectivity index (χ3n) is 2.95. The number of aryl methyl sites for hydroxylation is 1. The highest BCUT2D eigenvalue weighted by atomic mass is 15.1. The molecule has 0 aliphatic carbocycles. The van der Waals surface area contributed by atoms with Crippen molar-refractivity contribution in [3.8, 4) is 0 Å². The van der Waals surface area contributed by atoms with Crippen molar-refractivity contribution in [2.45, 2.75) is 26.7 Å². The van der Waals surface area contributed by atoms with Crippen molar-refractivity contribution in [3.63, 3.8) is 0 Å². The Morgan fingerprint density at radius 3 is 3.07 bits per heavy atom. The van der Waals surface area contributed by atoms with Gasteiger partial charge in [-0.3, -0.25) is 4.98 Å². The van der Waals surface area contributed by atoms with E-state index < -0.39 is 0 Å². The van der Waals surface area contributed by atoms with Crippen LogP contribution in [0.3, 0.4) is 0 Å². The van der Waals surface area contributed by atoms with E-state index in [-0.39, 0.29) is 0 Å². The second-order valence-corrected chi connectivity index (χ2v) is 4.20. The first-order valence-corrected chi connectivity index (χ1v) is 5.49. The largest absolute Gasteiger partial charge is 0.371 e. The molecule has 0 spiro atoms. The monoisotopic (exact) mass is 190 g/mol. The van der Waals surface area contributed by atoms with Crippen LogP contribution < -0.4 is 4.90 Å². The molecule has 0 amide bonds. The van der Waals surface area contributed by atoms with Crippen molar-refractivity contribution in [3.05, 3.63) is 24.0 Å². The number of nitrogens with zero attached hydrogens (tertiary/aromatic N) is 2. The molecule has 76 valence electrons. The van der Waals surface area contributed by atoms with Crippen molar-refractivity contribution < 1.29 is 0 Å². The molecule has 1 saturated heterocycles. The zero-order chi connectivity index (χ0) is 9.97. The number of hydrogen-bond acceptors (Lipinski definition) is 2. The van der Waals surface area contributed by atoms with Gasteiger partial charge in [0.1, 0.15) is 0 Å². The Kier molecular flexibility index (Phi) is 2.71. The summed E-state index contributed by atoms with van der Waals surface area (Å²) in [6.07, 6.45) is 4.28. The van der Waals surface area contributed by atoms with Crippen LogP contribution >= 0.6 is 0 Å². The summed E-state index contributed by atoms with van der Waals surface area (Å²) in [5, 5.41) is 0. The molecule has 2 heterocycles. The summed E-state index contributed by atoms with van der Waals surface area (Å²) in [4.78, 5) is 6.79. The minimum Gasteiger partial charge on any atom is -0.371 e. The van der Waals surface area contributed by atoms with Crippen LogP contribution in [0.2, 0.25) is 0 Å². The Morgan fingerprint density at radius 2 is 2.43 bits per heavy atom. The summed E-state index contributed by atoms with van der Waals surface area (Å²) in [7, 11) is 0. The second kappa shape index (κ2) is 3.99. The molecule has 0 aromatic carbocycles. The maximum absolute atomic E-state index is 4.32. The van der Waals surface area contributed by atoms with E-state index >= 15 is 0 Å². The molecule has 14 heavy (non-hydrogen) atoms. The molecule has 0 radical (unpaired) electrons. The molecule has 2 rings (SSSR count). The van der Waals surface area contributed by atoms with Crippen LogP contribution in [0.1, 0.15) is 26.0 Å². The molecule has 2 nitrogen and oxygen atoms in total. The Balaban J connectivity index is 2.15. The minimum absolute atomic E-state index is 0.841. The van der Waals surface area contributed by atoms with Gasteiger partial charge in [0.15, 0.2) is 0 Å². The highest BCUT2D eigenvalue weighted by molar-refractivity contribution is 5.47. The van der Waals surface area contributed by atoms with E-state index in [1.54, 1.807) is 0 Å². The lowest BCUT2D eigenvalue weighted by molar-refractivity contribution is 0.659. The number of pyridine rings is 1. The third kappa shape index (κ3) is 1.89. The van der Waals surface area contributed by atoms with E-state index in [2.05, 4.69) is 35.9 Å². The van der Waals surface area contributed by atoms with Gasteiger partial charge in [0.2, 0.25) is 0 Å². The van der Waals surface area contributed by atoms with Crippen LogP contribution in [-0.4, -0.2) is 18.1 Å². The van der Waals surface area contributed by atoms with E-state index in [1.807, 2.05) is 6.20 Å².